The number of nitrogens with one attached hydrogen (secondary N) is 1. The van der Waals surface area contributed by atoms with E-state index in [9.17, 15) is 10.1 Å². The second-order valence-electron chi connectivity index (χ2n) is 3.60. The first-order valence-corrected chi connectivity index (χ1v) is 6.98. The predicted octanol–water partition coefficient (Wildman–Crippen LogP) is 2.38. The van der Waals surface area contributed by atoms with Crippen molar-refractivity contribution in [2.75, 3.05) is 0 Å². The molecule has 0 atom stereocenters. The summed E-state index contributed by atoms with van der Waals surface area (Å²) in [7, 11) is 0. The summed E-state index contributed by atoms with van der Waals surface area (Å²) in [4.78, 5) is 15.1. The quantitative estimate of drug-likeness (QED) is 0.582. The second kappa shape index (κ2) is 5.35. The van der Waals surface area contributed by atoms with E-state index >= 15 is 0 Å². The van der Waals surface area contributed by atoms with Crippen molar-refractivity contribution in [1.82, 2.24) is 25.6 Å². The van der Waals surface area contributed by atoms with Crippen LogP contribution in [0.5, 0.6) is 0 Å². The molecule has 0 amide bonds. The van der Waals surface area contributed by atoms with E-state index in [0.717, 1.165) is 21.8 Å². The molecule has 0 saturated heterocycles. The van der Waals surface area contributed by atoms with Crippen molar-refractivity contribution in [3.8, 4) is 11.4 Å². The molecule has 0 fully saturated rings. The fourth-order valence-electron chi connectivity index (χ4n) is 1.47. The molecule has 2 heterocycles. The van der Waals surface area contributed by atoms with Crippen LogP contribution in [0.25, 0.3) is 11.4 Å². The number of aromatic amines is 1. The highest BCUT2D eigenvalue weighted by molar-refractivity contribution is 8.01. The van der Waals surface area contributed by atoms with E-state index in [1.165, 1.54) is 18.0 Å². The number of thiazole rings is 1. The highest BCUT2D eigenvalue weighted by atomic mass is 32.2. The molecule has 3 aromatic rings. The van der Waals surface area contributed by atoms with Crippen molar-refractivity contribution < 1.29 is 4.92 Å². The highest BCUT2D eigenvalue weighted by Crippen LogP contribution is 2.35. The molecule has 0 bridgehead atoms. The molecule has 0 saturated carbocycles. The highest BCUT2D eigenvalue weighted by Gasteiger charge is 2.12. The molecule has 20 heavy (non-hydrogen) atoms. The van der Waals surface area contributed by atoms with Crippen LogP contribution in [0.4, 0.5) is 5.00 Å². The van der Waals surface area contributed by atoms with Gasteiger partial charge in [-0.25, -0.2) is 10.1 Å². The third kappa shape index (κ3) is 2.65. The number of hydrogen-bond donors (Lipinski definition) is 1. The van der Waals surface area contributed by atoms with Crippen LogP contribution in [0.3, 0.4) is 0 Å². The van der Waals surface area contributed by atoms with Gasteiger partial charge in [0.2, 0.25) is 0 Å². The summed E-state index contributed by atoms with van der Waals surface area (Å²) < 4.78 is 0.615. The average Bonchev–Trinajstić information content (AvgIpc) is 3.10. The first-order valence-electron chi connectivity index (χ1n) is 5.34. The molecule has 3 rings (SSSR count). The number of nitrogens with zero attached hydrogens (tertiary/aromatic N) is 5. The van der Waals surface area contributed by atoms with E-state index in [-0.39, 0.29) is 5.00 Å². The zero-order chi connectivity index (χ0) is 13.9. The average molecular weight is 306 g/mol. The Labute approximate surface area is 120 Å². The minimum atomic E-state index is -0.446. The Hall–Kier alpha value is -2.33. The SMILES string of the molecule is O=[N+]([O-])c1cnc(Sc2cccc(-c3nnn[nH]3)c2)s1. The van der Waals surface area contributed by atoms with E-state index < -0.39 is 4.92 Å². The molecular weight excluding hydrogens is 300 g/mol. The van der Waals surface area contributed by atoms with Crippen LogP contribution in [0.15, 0.2) is 39.7 Å². The molecule has 1 aromatic carbocycles. The van der Waals surface area contributed by atoms with Gasteiger partial charge in [0.05, 0.1) is 4.92 Å². The monoisotopic (exact) mass is 306 g/mol. The fourth-order valence-corrected chi connectivity index (χ4v) is 3.29. The number of nitro groups is 1. The lowest BCUT2D eigenvalue weighted by Gasteiger charge is -1.99. The van der Waals surface area contributed by atoms with E-state index in [1.54, 1.807) is 0 Å². The summed E-state index contributed by atoms with van der Waals surface area (Å²) in [6, 6.07) is 7.52. The fraction of sp³-hybridized carbons (Fsp3) is 0. The molecule has 2 aromatic heterocycles. The summed E-state index contributed by atoms with van der Waals surface area (Å²) in [5, 5.41) is 24.2. The number of benzene rings is 1. The maximum absolute atomic E-state index is 10.6. The molecule has 100 valence electrons. The lowest BCUT2D eigenvalue weighted by Crippen LogP contribution is -1.81. The molecule has 1 N–H and O–H groups in total. The minimum absolute atomic E-state index is 0.0306. The summed E-state index contributed by atoms with van der Waals surface area (Å²) in [6.07, 6.45) is 1.26. The maximum atomic E-state index is 10.6. The van der Waals surface area contributed by atoms with Gasteiger partial charge in [0.25, 0.3) is 0 Å². The van der Waals surface area contributed by atoms with Crippen molar-refractivity contribution in [3.05, 3.63) is 40.6 Å². The summed E-state index contributed by atoms with van der Waals surface area (Å²) >= 11 is 2.40. The zero-order valence-corrected chi connectivity index (χ0v) is 11.4. The lowest BCUT2D eigenvalue weighted by atomic mass is 10.2. The van der Waals surface area contributed by atoms with Crippen molar-refractivity contribution in [2.45, 2.75) is 9.24 Å². The first kappa shape index (κ1) is 12.7. The molecule has 0 spiro atoms. The summed E-state index contributed by atoms with van der Waals surface area (Å²) in [5.41, 5.74) is 0.839. The Balaban J connectivity index is 1.84. The summed E-state index contributed by atoms with van der Waals surface area (Å²) in [5.74, 6) is 0.567. The van der Waals surface area contributed by atoms with E-state index in [4.69, 9.17) is 0 Å². The topological polar surface area (TPSA) is 110 Å². The van der Waals surface area contributed by atoms with Crippen LogP contribution in [0, 0.1) is 10.1 Å². The molecule has 10 heteroatoms. The molecule has 0 aliphatic carbocycles. The number of rotatable bonds is 4. The number of H-pyrrole nitrogens is 1. The van der Waals surface area contributed by atoms with Crippen LogP contribution >= 0.6 is 23.1 Å². The number of tetrazole rings is 1. The van der Waals surface area contributed by atoms with Crippen molar-refractivity contribution >= 4 is 28.1 Å². The third-order valence-corrected chi connectivity index (χ3v) is 4.32. The largest absolute Gasteiger partial charge is 0.344 e. The number of aromatic nitrogens is 5. The lowest BCUT2D eigenvalue weighted by molar-refractivity contribution is -0.380. The standard InChI is InChI=1S/C10H6N6O2S2/c17-16(18)8-5-11-10(20-8)19-7-3-1-2-6(4-7)9-12-14-15-13-9/h1-5H,(H,12,13,14,15). The van der Waals surface area contributed by atoms with Gasteiger partial charge in [0, 0.05) is 10.5 Å². The van der Waals surface area contributed by atoms with Gasteiger partial charge in [-0.3, -0.25) is 10.1 Å². The van der Waals surface area contributed by atoms with Gasteiger partial charge in [-0.1, -0.05) is 23.9 Å². The third-order valence-electron chi connectivity index (χ3n) is 2.31. The van der Waals surface area contributed by atoms with Crippen molar-refractivity contribution in [3.63, 3.8) is 0 Å². The van der Waals surface area contributed by atoms with Crippen molar-refractivity contribution in [1.29, 1.82) is 0 Å². The predicted molar refractivity (Wildman–Crippen MR) is 72.5 cm³/mol. The Kier molecular flexibility index (Phi) is 3.39. The van der Waals surface area contributed by atoms with E-state index in [2.05, 4.69) is 25.6 Å². The smallest absolute Gasteiger partial charge is 0.257 e. The Morgan fingerprint density at radius 3 is 3.00 bits per heavy atom. The Morgan fingerprint density at radius 2 is 2.30 bits per heavy atom. The van der Waals surface area contributed by atoms with Gasteiger partial charge in [-0.2, -0.15) is 0 Å². The Morgan fingerprint density at radius 1 is 1.40 bits per heavy atom. The van der Waals surface area contributed by atoms with Gasteiger partial charge in [0.15, 0.2) is 10.2 Å². The van der Waals surface area contributed by atoms with E-state index in [0.29, 0.717) is 10.2 Å². The maximum Gasteiger partial charge on any atom is 0.344 e. The minimum Gasteiger partial charge on any atom is -0.257 e. The van der Waals surface area contributed by atoms with Gasteiger partial charge in [-0.15, -0.1) is 5.10 Å². The molecule has 0 unspecified atom stereocenters. The second-order valence-corrected chi connectivity index (χ2v) is 5.93. The van der Waals surface area contributed by atoms with Crippen LogP contribution in [-0.4, -0.2) is 30.5 Å². The molecular formula is C10H6N6O2S2. The number of hydrogen-bond acceptors (Lipinski definition) is 8. The summed E-state index contributed by atoms with van der Waals surface area (Å²) in [6.45, 7) is 0. The molecule has 0 radical (unpaired) electrons. The van der Waals surface area contributed by atoms with Gasteiger partial charge in [0.1, 0.15) is 6.20 Å². The van der Waals surface area contributed by atoms with Crippen LogP contribution in [0.1, 0.15) is 0 Å². The van der Waals surface area contributed by atoms with Gasteiger partial charge >= 0.3 is 5.00 Å². The first-order chi connectivity index (χ1) is 9.72. The van der Waals surface area contributed by atoms with Gasteiger partial charge in [-0.05, 0) is 33.9 Å². The molecule has 8 nitrogen and oxygen atoms in total. The van der Waals surface area contributed by atoms with E-state index in [1.807, 2.05) is 24.3 Å². The molecule has 0 aliphatic rings. The Bertz CT molecular complexity index is 742. The van der Waals surface area contributed by atoms with Crippen LogP contribution in [-0.2, 0) is 0 Å². The molecule has 0 aliphatic heterocycles. The van der Waals surface area contributed by atoms with Crippen molar-refractivity contribution in [2.24, 2.45) is 0 Å². The normalized spacial score (nSPS) is 10.6. The van der Waals surface area contributed by atoms with Crippen LogP contribution in [0.2, 0.25) is 0 Å². The van der Waals surface area contributed by atoms with Crippen LogP contribution < -0.4 is 0 Å². The van der Waals surface area contributed by atoms with Gasteiger partial charge < -0.3 is 0 Å². The zero-order valence-electron chi connectivity index (χ0n) is 9.76.